The number of hydrogen-bond donors (Lipinski definition) is 2. The van der Waals surface area contributed by atoms with Crippen LogP contribution in [0.25, 0.3) is 0 Å². The van der Waals surface area contributed by atoms with Gasteiger partial charge >= 0.3 is 5.97 Å². The molecule has 3 saturated heterocycles. The predicted octanol–water partition coefficient (Wildman–Crippen LogP) is 5.17. The lowest BCUT2D eigenvalue weighted by molar-refractivity contribution is -0.290. The molecule has 3 aliphatic heterocycles. The molecule has 0 saturated carbocycles. The first-order valence-electron chi connectivity index (χ1n) is 13.4. The minimum Gasteiger partial charge on any atom is -0.459 e. The van der Waals surface area contributed by atoms with E-state index in [2.05, 4.69) is 6.92 Å². The monoisotopic (exact) mass is 454 g/mol. The van der Waals surface area contributed by atoms with Crippen LogP contribution in [-0.4, -0.2) is 52.5 Å². The number of unbranched alkanes of at least 4 members (excludes halogenated alkanes) is 10. The number of carbonyl (C=O) groups excluding carboxylic acids is 1. The van der Waals surface area contributed by atoms with Crippen LogP contribution in [0.3, 0.4) is 0 Å². The summed E-state index contributed by atoms with van der Waals surface area (Å²) in [7, 11) is 0. The lowest BCUT2D eigenvalue weighted by Crippen LogP contribution is -2.47. The van der Waals surface area contributed by atoms with Gasteiger partial charge in [-0.15, -0.1) is 0 Å². The highest BCUT2D eigenvalue weighted by Gasteiger charge is 2.54. The van der Waals surface area contributed by atoms with Gasteiger partial charge in [-0.25, -0.2) is 0 Å². The molecule has 3 rings (SSSR count). The summed E-state index contributed by atoms with van der Waals surface area (Å²) >= 11 is 0. The molecule has 1 spiro atoms. The predicted molar refractivity (Wildman–Crippen MR) is 123 cm³/mol. The van der Waals surface area contributed by atoms with Crippen LogP contribution in [0.2, 0.25) is 0 Å². The Bertz CT molecular complexity index is 554. The zero-order chi connectivity index (χ0) is 22.8. The van der Waals surface area contributed by atoms with Crippen molar-refractivity contribution in [1.82, 2.24) is 0 Å². The molecule has 3 aliphatic rings. The van der Waals surface area contributed by atoms with Gasteiger partial charge in [0.1, 0.15) is 6.10 Å². The zero-order valence-electron chi connectivity index (χ0n) is 20.1. The Morgan fingerprint density at radius 3 is 2.28 bits per heavy atom. The molecule has 6 unspecified atom stereocenters. The molecule has 0 amide bonds. The van der Waals surface area contributed by atoms with Gasteiger partial charge in [-0.05, 0) is 25.7 Å². The van der Waals surface area contributed by atoms with Crippen molar-refractivity contribution in [2.24, 2.45) is 0 Å². The van der Waals surface area contributed by atoms with Crippen LogP contribution >= 0.6 is 0 Å². The van der Waals surface area contributed by atoms with Crippen LogP contribution in [0.4, 0.5) is 0 Å². The number of hydrogen-bond acceptors (Lipinski definition) is 6. The molecule has 6 atom stereocenters. The van der Waals surface area contributed by atoms with Crippen LogP contribution in [0.15, 0.2) is 0 Å². The highest BCUT2D eigenvalue weighted by Crippen LogP contribution is 2.45. The Hall–Kier alpha value is -0.690. The van der Waals surface area contributed by atoms with Crippen LogP contribution in [-0.2, 0) is 19.0 Å². The number of aliphatic hydroxyl groups excluding tert-OH is 2. The summed E-state index contributed by atoms with van der Waals surface area (Å²) in [5, 5.41) is 21.0. The minimum absolute atomic E-state index is 0.139. The molecule has 6 nitrogen and oxygen atoms in total. The molecule has 0 aromatic heterocycles. The lowest BCUT2D eigenvalue weighted by atomic mass is 9.91. The summed E-state index contributed by atoms with van der Waals surface area (Å²) in [6.45, 7) is 2.26. The van der Waals surface area contributed by atoms with Crippen molar-refractivity contribution < 1.29 is 29.2 Å². The van der Waals surface area contributed by atoms with Crippen molar-refractivity contribution in [3.63, 3.8) is 0 Å². The van der Waals surface area contributed by atoms with Crippen molar-refractivity contribution in [1.29, 1.82) is 0 Å². The Balaban J connectivity index is 1.27. The van der Waals surface area contributed by atoms with Crippen molar-refractivity contribution in [3.8, 4) is 0 Å². The van der Waals surface area contributed by atoms with E-state index in [1.165, 1.54) is 64.2 Å². The Morgan fingerprint density at radius 2 is 1.59 bits per heavy atom. The topological polar surface area (TPSA) is 85.2 Å². The van der Waals surface area contributed by atoms with E-state index in [0.29, 0.717) is 38.5 Å². The third kappa shape index (κ3) is 8.27. The van der Waals surface area contributed by atoms with Gasteiger partial charge in [0, 0.05) is 19.3 Å². The molecule has 2 N–H and O–H groups in total. The Kier molecular flexibility index (Phi) is 10.7. The van der Waals surface area contributed by atoms with Crippen LogP contribution in [0.1, 0.15) is 122 Å². The molecular weight excluding hydrogens is 408 g/mol. The van der Waals surface area contributed by atoms with Gasteiger partial charge in [0.2, 0.25) is 0 Å². The third-order valence-corrected chi connectivity index (χ3v) is 7.35. The Morgan fingerprint density at radius 1 is 0.938 bits per heavy atom. The molecule has 186 valence electrons. The second kappa shape index (κ2) is 13.3. The number of carbonyl (C=O) groups is 1. The molecule has 3 fully saturated rings. The number of ether oxygens (including phenoxy) is 3. The molecule has 0 aromatic rings. The highest BCUT2D eigenvalue weighted by atomic mass is 16.7. The number of rotatable bonds is 14. The van der Waals surface area contributed by atoms with Gasteiger partial charge in [0.15, 0.2) is 5.79 Å². The average molecular weight is 455 g/mol. The molecule has 0 aliphatic carbocycles. The van der Waals surface area contributed by atoms with E-state index in [-0.39, 0.29) is 24.3 Å². The quantitative estimate of drug-likeness (QED) is 0.278. The van der Waals surface area contributed by atoms with Crippen molar-refractivity contribution in [2.75, 3.05) is 0 Å². The largest absolute Gasteiger partial charge is 0.459 e. The van der Waals surface area contributed by atoms with Gasteiger partial charge in [-0.2, -0.15) is 0 Å². The summed E-state index contributed by atoms with van der Waals surface area (Å²) in [6.07, 6.45) is 16.5. The van der Waals surface area contributed by atoms with E-state index >= 15 is 0 Å². The summed E-state index contributed by atoms with van der Waals surface area (Å²) < 4.78 is 17.9. The molecule has 3 heterocycles. The standard InChI is InChI=1S/C26H46O6/c1-2-3-4-5-6-7-8-9-10-11-12-13-20(27)16-22-17-21(28)18-26(31-22)19-24-23(32-26)14-15-25(29)30-24/h20-24,27-28H,2-19H2,1H3. The fraction of sp³-hybridized carbons (Fsp3) is 0.962. The minimum atomic E-state index is -0.876. The molecule has 0 aromatic carbocycles. The third-order valence-electron chi connectivity index (χ3n) is 7.35. The maximum absolute atomic E-state index is 11.6. The molecule has 0 bridgehead atoms. The average Bonchev–Trinajstić information content (AvgIpc) is 3.07. The first-order valence-corrected chi connectivity index (χ1v) is 13.4. The van der Waals surface area contributed by atoms with Crippen LogP contribution < -0.4 is 0 Å². The van der Waals surface area contributed by atoms with Crippen LogP contribution in [0.5, 0.6) is 0 Å². The molecule has 0 radical (unpaired) electrons. The van der Waals surface area contributed by atoms with E-state index in [9.17, 15) is 15.0 Å². The summed E-state index contributed by atoms with van der Waals surface area (Å²) in [5.74, 6) is -1.05. The SMILES string of the molecule is CCCCCCCCCCCCCC(O)CC1CC(O)CC2(CC3OC(=O)CCC3O2)O1. The zero-order valence-corrected chi connectivity index (χ0v) is 20.1. The first-order chi connectivity index (χ1) is 15.5. The smallest absolute Gasteiger partial charge is 0.306 e. The normalized spacial score (nSPS) is 33.3. The van der Waals surface area contributed by atoms with E-state index in [1.807, 2.05) is 0 Å². The number of aliphatic hydroxyl groups is 2. The van der Waals surface area contributed by atoms with E-state index < -0.39 is 18.0 Å². The summed E-state index contributed by atoms with van der Waals surface area (Å²) in [5.41, 5.74) is 0. The lowest BCUT2D eigenvalue weighted by Gasteiger charge is -2.41. The molecule has 6 heteroatoms. The first kappa shape index (κ1) is 25.9. The second-order valence-corrected chi connectivity index (χ2v) is 10.4. The fourth-order valence-electron chi connectivity index (χ4n) is 5.65. The fourth-order valence-corrected chi connectivity index (χ4v) is 5.65. The van der Waals surface area contributed by atoms with Crippen molar-refractivity contribution in [2.45, 2.75) is 159 Å². The number of esters is 1. The van der Waals surface area contributed by atoms with Crippen molar-refractivity contribution in [3.05, 3.63) is 0 Å². The molecule has 32 heavy (non-hydrogen) atoms. The van der Waals surface area contributed by atoms with Gasteiger partial charge in [-0.3, -0.25) is 4.79 Å². The maximum Gasteiger partial charge on any atom is 0.306 e. The second-order valence-electron chi connectivity index (χ2n) is 10.4. The summed E-state index contributed by atoms with van der Waals surface area (Å²) in [4.78, 5) is 11.6. The van der Waals surface area contributed by atoms with Gasteiger partial charge in [0.05, 0.1) is 24.4 Å². The van der Waals surface area contributed by atoms with Crippen molar-refractivity contribution >= 4 is 5.97 Å². The highest BCUT2D eigenvalue weighted by molar-refractivity contribution is 5.70. The van der Waals surface area contributed by atoms with E-state index in [1.54, 1.807) is 0 Å². The van der Waals surface area contributed by atoms with Gasteiger partial charge in [-0.1, -0.05) is 77.6 Å². The number of fused-ring (bicyclic) bond motifs is 1. The van der Waals surface area contributed by atoms with Crippen LogP contribution in [0, 0.1) is 0 Å². The maximum atomic E-state index is 11.6. The van der Waals surface area contributed by atoms with E-state index in [4.69, 9.17) is 14.2 Å². The van der Waals surface area contributed by atoms with Gasteiger partial charge < -0.3 is 24.4 Å². The van der Waals surface area contributed by atoms with E-state index in [0.717, 1.165) is 12.8 Å². The summed E-state index contributed by atoms with van der Waals surface area (Å²) in [6, 6.07) is 0. The van der Waals surface area contributed by atoms with Gasteiger partial charge in [0.25, 0.3) is 0 Å². The molecular formula is C26H46O6. The Labute approximate surface area is 194 Å².